The van der Waals surface area contributed by atoms with Gasteiger partial charge in [-0.2, -0.15) is 0 Å². The van der Waals surface area contributed by atoms with Crippen molar-refractivity contribution in [3.63, 3.8) is 0 Å². The molecule has 0 aliphatic carbocycles. The van der Waals surface area contributed by atoms with Crippen molar-refractivity contribution < 1.29 is 13.9 Å². The van der Waals surface area contributed by atoms with Crippen LogP contribution in [0.2, 0.25) is 5.02 Å². The summed E-state index contributed by atoms with van der Waals surface area (Å²) in [6, 6.07) is 4.75. The first kappa shape index (κ1) is 16.2. The minimum absolute atomic E-state index is 0.0781. The Morgan fingerprint density at radius 3 is 2.95 bits per heavy atom. The zero-order valence-corrected chi connectivity index (χ0v) is 12.2. The quantitative estimate of drug-likeness (QED) is 0.708. The number of hydrogen-bond acceptors (Lipinski definition) is 3. The number of halogens is 2. The van der Waals surface area contributed by atoms with Gasteiger partial charge >= 0.3 is 0 Å². The summed E-state index contributed by atoms with van der Waals surface area (Å²) < 4.78 is 24.3. The summed E-state index contributed by atoms with van der Waals surface area (Å²) in [6.07, 6.45) is 0.826. The standard InChI is InChI=1S/C14H21ClFNO2/c1-3-18-9-5-8-17-10-11(2)19-13-7-4-6-12(15)14(13)16/h4,6-7,11,17H,3,5,8-10H2,1-2H3. The van der Waals surface area contributed by atoms with E-state index in [0.717, 1.165) is 26.2 Å². The zero-order chi connectivity index (χ0) is 14.1. The number of benzene rings is 1. The monoisotopic (exact) mass is 289 g/mol. The Kier molecular flexibility index (Phi) is 7.79. The van der Waals surface area contributed by atoms with E-state index >= 15 is 0 Å². The first-order valence-corrected chi connectivity index (χ1v) is 6.92. The molecule has 0 spiro atoms. The molecule has 1 N–H and O–H groups in total. The van der Waals surface area contributed by atoms with Crippen molar-refractivity contribution in [2.75, 3.05) is 26.3 Å². The maximum absolute atomic E-state index is 13.6. The molecule has 5 heteroatoms. The average Bonchev–Trinajstić information content (AvgIpc) is 2.39. The summed E-state index contributed by atoms with van der Waals surface area (Å²) >= 11 is 5.69. The SMILES string of the molecule is CCOCCCNCC(C)Oc1cccc(Cl)c1F. The molecule has 1 atom stereocenters. The lowest BCUT2D eigenvalue weighted by atomic mass is 10.3. The van der Waals surface area contributed by atoms with E-state index in [1.165, 1.54) is 6.07 Å². The Balaban J connectivity index is 2.23. The van der Waals surface area contributed by atoms with Gasteiger partial charge in [0.15, 0.2) is 11.6 Å². The maximum atomic E-state index is 13.6. The van der Waals surface area contributed by atoms with Gasteiger partial charge in [-0.05, 0) is 38.9 Å². The molecule has 108 valence electrons. The molecule has 0 aliphatic heterocycles. The van der Waals surface area contributed by atoms with Crippen LogP contribution in [0.15, 0.2) is 18.2 Å². The third-order valence-electron chi connectivity index (χ3n) is 2.52. The lowest BCUT2D eigenvalue weighted by molar-refractivity contribution is 0.143. The second kappa shape index (κ2) is 9.13. The number of hydrogen-bond donors (Lipinski definition) is 1. The fraction of sp³-hybridized carbons (Fsp3) is 0.571. The highest BCUT2D eigenvalue weighted by atomic mass is 35.5. The van der Waals surface area contributed by atoms with Crippen LogP contribution in [-0.2, 0) is 4.74 Å². The van der Waals surface area contributed by atoms with Crippen LogP contribution in [0, 0.1) is 5.82 Å². The number of rotatable bonds is 9. The normalized spacial score (nSPS) is 12.4. The van der Waals surface area contributed by atoms with Crippen LogP contribution >= 0.6 is 11.6 Å². The maximum Gasteiger partial charge on any atom is 0.183 e. The summed E-state index contributed by atoms with van der Waals surface area (Å²) in [5, 5.41) is 3.32. The number of nitrogens with one attached hydrogen (secondary N) is 1. The molecule has 1 unspecified atom stereocenters. The first-order chi connectivity index (χ1) is 9.15. The van der Waals surface area contributed by atoms with Crippen molar-refractivity contribution in [1.82, 2.24) is 5.32 Å². The van der Waals surface area contributed by atoms with Crippen molar-refractivity contribution >= 4 is 11.6 Å². The molecule has 0 saturated carbocycles. The van der Waals surface area contributed by atoms with E-state index in [9.17, 15) is 4.39 Å². The third kappa shape index (κ3) is 6.23. The largest absolute Gasteiger partial charge is 0.486 e. The molecule has 0 fully saturated rings. The van der Waals surface area contributed by atoms with E-state index in [0.29, 0.717) is 6.54 Å². The zero-order valence-electron chi connectivity index (χ0n) is 11.4. The fourth-order valence-electron chi connectivity index (χ4n) is 1.58. The molecule has 0 amide bonds. The third-order valence-corrected chi connectivity index (χ3v) is 2.81. The average molecular weight is 290 g/mol. The molecule has 0 bridgehead atoms. The minimum atomic E-state index is -0.507. The summed E-state index contributed by atoms with van der Waals surface area (Å²) in [5.41, 5.74) is 0. The smallest absolute Gasteiger partial charge is 0.183 e. The van der Waals surface area contributed by atoms with Crippen molar-refractivity contribution in [1.29, 1.82) is 0 Å². The molecule has 1 rings (SSSR count). The van der Waals surface area contributed by atoms with Crippen LogP contribution in [-0.4, -0.2) is 32.4 Å². The Bertz CT molecular complexity index is 376. The van der Waals surface area contributed by atoms with E-state index < -0.39 is 5.82 Å². The van der Waals surface area contributed by atoms with Gasteiger partial charge in [-0.3, -0.25) is 0 Å². The molecular formula is C14H21ClFNO2. The molecule has 0 aliphatic rings. The van der Waals surface area contributed by atoms with Crippen molar-refractivity contribution in [2.24, 2.45) is 0 Å². The minimum Gasteiger partial charge on any atom is -0.486 e. The predicted molar refractivity (Wildman–Crippen MR) is 75.5 cm³/mol. The van der Waals surface area contributed by atoms with Crippen LogP contribution in [0.25, 0.3) is 0 Å². The Labute approximate surface area is 119 Å². The van der Waals surface area contributed by atoms with Crippen LogP contribution < -0.4 is 10.1 Å². The fourth-order valence-corrected chi connectivity index (χ4v) is 1.75. The second-order valence-electron chi connectivity index (χ2n) is 4.24. The lowest BCUT2D eigenvalue weighted by Gasteiger charge is -2.16. The Hall–Kier alpha value is -0.840. The van der Waals surface area contributed by atoms with Crippen LogP contribution in [0.3, 0.4) is 0 Å². The summed E-state index contributed by atoms with van der Waals surface area (Å²) in [4.78, 5) is 0. The van der Waals surface area contributed by atoms with Crippen molar-refractivity contribution in [3.8, 4) is 5.75 Å². The van der Waals surface area contributed by atoms with Crippen LogP contribution in [0.1, 0.15) is 20.3 Å². The van der Waals surface area contributed by atoms with Gasteiger partial charge in [-0.25, -0.2) is 4.39 Å². The van der Waals surface area contributed by atoms with Gasteiger partial charge in [-0.15, -0.1) is 0 Å². The van der Waals surface area contributed by atoms with Crippen molar-refractivity contribution in [2.45, 2.75) is 26.4 Å². The van der Waals surface area contributed by atoms with Gasteiger partial charge < -0.3 is 14.8 Å². The molecule has 0 aromatic heterocycles. The molecule has 19 heavy (non-hydrogen) atoms. The molecule has 1 aromatic carbocycles. The molecule has 1 aromatic rings. The summed E-state index contributed by atoms with van der Waals surface area (Å²) in [7, 11) is 0. The number of ether oxygens (including phenoxy) is 2. The highest BCUT2D eigenvalue weighted by molar-refractivity contribution is 6.30. The molecule has 3 nitrogen and oxygen atoms in total. The van der Waals surface area contributed by atoms with Gasteiger partial charge in [0.05, 0.1) is 5.02 Å². The van der Waals surface area contributed by atoms with Crippen LogP contribution in [0.4, 0.5) is 4.39 Å². The summed E-state index contributed by atoms with van der Waals surface area (Å²) in [6.45, 7) is 6.86. The van der Waals surface area contributed by atoms with Gasteiger partial charge in [0.1, 0.15) is 6.10 Å². The van der Waals surface area contributed by atoms with Gasteiger partial charge in [0.2, 0.25) is 0 Å². The topological polar surface area (TPSA) is 30.5 Å². The van der Waals surface area contributed by atoms with E-state index in [1.807, 2.05) is 13.8 Å². The predicted octanol–water partition coefficient (Wildman–Crippen LogP) is 3.26. The Morgan fingerprint density at radius 2 is 2.21 bits per heavy atom. The van der Waals surface area contributed by atoms with E-state index in [1.54, 1.807) is 12.1 Å². The van der Waals surface area contributed by atoms with E-state index in [-0.39, 0.29) is 16.9 Å². The van der Waals surface area contributed by atoms with E-state index in [4.69, 9.17) is 21.1 Å². The van der Waals surface area contributed by atoms with Gasteiger partial charge in [-0.1, -0.05) is 17.7 Å². The molecule has 0 radical (unpaired) electrons. The van der Waals surface area contributed by atoms with Crippen LogP contribution in [0.5, 0.6) is 5.75 Å². The molecule has 0 saturated heterocycles. The summed E-state index contributed by atoms with van der Waals surface area (Å²) in [5.74, 6) is -0.316. The van der Waals surface area contributed by atoms with Crippen molar-refractivity contribution in [3.05, 3.63) is 29.0 Å². The molecule has 0 heterocycles. The highest BCUT2D eigenvalue weighted by Crippen LogP contribution is 2.24. The first-order valence-electron chi connectivity index (χ1n) is 6.54. The van der Waals surface area contributed by atoms with E-state index in [2.05, 4.69) is 5.32 Å². The lowest BCUT2D eigenvalue weighted by Crippen LogP contribution is -2.30. The molecular weight excluding hydrogens is 269 g/mol. The second-order valence-corrected chi connectivity index (χ2v) is 4.64. The Morgan fingerprint density at radius 1 is 1.42 bits per heavy atom. The van der Waals surface area contributed by atoms with Gasteiger partial charge in [0, 0.05) is 19.8 Å². The highest BCUT2D eigenvalue weighted by Gasteiger charge is 2.10. The van der Waals surface area contributed by atoms with Gasteiger partial charge in [0.25, 0.3) is 0 Å².